The molecule has 0 aliphatic carbocycles. The summed E-state index contributed by atoms with van der Waals surface area (Å²) >= 11 is 6.29. The number of fused-ring (bicyclic) bond motifs is 1. The Kier molecular flexibility index (Phi) is 4.67. The zero-order chi connectivity index (χ0) is 18.2. The lowest BCUT2D eigenvalue weighted by Gasteiger charge is -2.36. The zero-order valence-electron chi connectivity index (χ0n) is 13.7. The van der Waals surface area contributed by atoms with Crippen molar-refractivity contribution in [2.75, 3.05) is 27.2 Å². The predicted molar refractivity (Wildman–Crippen MR) is 89.5 cm³/mol. The Balaban J connectivity index is 2.12. The van der Waals surface area contributed by atoms with Gasteiger partial charge in [-0.05, 0) is 19.2 Å². The van der Waals surface area contributed by atoms with E-state index in [9.17, 15) is 8.78 Å². The van der Waals surface area contributed by atoms with Gasteiger partial charge in [0.25, 0.3) is 5.92 Å². The lowest BCUT2D eigenvalue weighted by Crippen LogP contribution is -2.52. The van der Waals surface area contributed by atoms with Crippen molar-refractivity contribution in [3.63, 3.8) is 0 Å². The third-order valence-corrected chi connectivity index (χ3v) is 4.61. The van der Waals surface area contributed by atoms with Crippen LogP contribution in [-0.4, -0.2) is 49.2 Å². The Morgan fingerprint density at radius 1 is 1.44 bits per heavy atom. The van der Waals surface area contributed by atoms with Crippen LogP contribution in [0.15, 0.2) is 18.3 Å². The van der Waals surface area contributed by atoms with E-state index in [4.69, 9.17) is 26.3 Å². The molecule has 0 bridgehead atoms. The van der Waals surface area contributed by atoms with Crippen LogP contribution in [0.2, 0.25) is 5.02 Å². The van der Waals surface area contributed by atoms with Crippen LogP contribution in [0.5, 0.6) is 11.5 Å². The standard InChI is InChI=1S/C17H16ClF2N3O2/c1-23-6-5-13(17(19,20)9-23)25-16-12(24-2)4-3-11-14(16)15(18)10(7-21)8-22-11/h3-4,8,13H,5-6,9H2,1-2H3/t13-/m1/s1. The number of nitrogens with zero attached hydrogens (tertiary/aromatic N) is 3. The number of halogens is 3. The summed E-state index contributed by atoms with van der Waals surface area (Å²) in [6, 6.07) is 5.16. The summed E-state index contributed by atoms with van der Waals surface area (Å²) in [5, 5.41) is 9.57. The van der Waals surface area contributed by atoms with Crippen LogP contribution in [0, 0.1) is 11.3 Å². The average molecular weight is 368 g/mol. The number of pyridine rings is 1. The number of ether oxygens (including phenoxy) is 2. The first-order chi connectivity index (χ1) is 11.9. The Morgan fingerprint density at radius 3 is 2.84 bits per heavy atom. The van der Waals surface area contributed by atoms with Gasteiger partial charge in [0.1, 0.15) is 6.07 Å². The van der Waals surface area contributed by atoms with Crippen molar-refractivity contribution in [2.45, 2.75) is 18.4 Å². The molecule has 1 aliphatic rings. The van der Waals surface area contributed by atoms with Crippen molar-refractivity contribution in [1.29, 1.82) is 5.26 Å². The molecule has 0 unspecified atom stereocenters. The number of hydrogen-bond donors (Lipinski definition) is 0. The largest absolute Gasteiger partial charge is 0.493 e. The molecule has 5 nitrogen and oxygen atoms in total. The van der Waals surface area contributed by atoms with Crippen molar-refractivity contribution in [3.8, 4) is 17.6 Å². The maximum atomic E-state index is 14.4. The van der Waals surface area contributed by atoms with Gasteiger partial charge in [0.05, 0.1) is 35.1 Å². The van der Waals surface area contributed by atoms with E-state index in [0.717, 1.165) is 0 Å². The van der Waals surface area contributed by atoms with Gasteiger partial charge in [-0.15, -0.1) is 0 Å². The molecule has 0 saturated carbocycles. The third-order valence-electron chi connectivity index (χ3n) is 4.21. The van der Waals surface area contributed by atoms with Gasteiger partial charge >= 0.3 is 0 Å². The number of likely N-dealkylation sites (tertiary alicyclic amines) is 1. The number of piperidine rings is 1. The molecule has 25 heavy (non-hydrogen) atoms. The minimum Gasteiger partial charge on any atom is -0.493 e. The summed E-state index contributed by atoms with van der Waals surface area (Å²) in [7, 11) is 3.05. The molecule has 132 valence electrons. The summed E-state index contributed by atoms with van der Waals surface area (Å²) in [6.45, 7) is 0.100. The summed E-state index contributed by atoms with van der Waals surface area (Å²) in [4.78, 5) is 5.71. The molecular formula is C17H16ClF2N3O2. The fourth-order valence-electron chi connectivity index (χ4n) is 2.93. The van der Waals surface area contributed by atoms with Gasteiger partial charge < -0.3 is 14.4 Å². The fourth-order valence-corrected chi connectivity index (χ4v) is 3.20. The van der Waals surface area contributed by atoms with Crippen molar-refractivity contribution < 1.29 is 18.3 Å². The highest BCUT2D eigenvalue weighted by molar-refractivity contribution is 6.37. The lowest BCUT2D eigenvalue weighted by molar-refractivity contribution is -0.135. The molecule has 2 heterocycles. The minimum atomic E-state index is -3.02. The van der Waals surface area contributed by atoms with Gasteiger partial charge in [0, 0.05) is 19.2 Å². The van der Waals surface area contributed by atoms with Crippen molar-refractivity contribution in [3.05, 3.63) is 28.9 Å². The molecule has 1 aromatic carbocycles. The molecule has 0 amide bonds. The second-order valence-electron chi connectivity index (χ2n) is 5.98. The summed E-state index contributed by atoms with van der Waals surface area (Å²) < 4.78 is 39.7. The van der Waals surface area contributed by atoms with E-state index in [1.54, 1.807) is 24.1 Å². The SMILES string of the molecule is COc1ccc2ncc(C#N)c(Cl)c2c1O[C@@H]1CCN(C)CC1(F)F. The quantitative estimate of drug-likeness (QED) is 0.831. The topological polar surface area (TPSA) is 58.4 Å². The average Bonchev–Trinajstić information content (AvgIpc) is 2.57. The molecule has 0 radical (unpaired) electrons. The second-order valence-corrected chi connectivity index (χ2v) is 6.36. The normalized spacial score (nSPS) is 20.2. The van der Waals surface area contributed by atoms with Gasteiger partial charge in [-0.1, -0.05) is 11.6 Å². The highest BCUT2D eigenvalue weighted by Gasteiger charge is 2.46. The number of alkyl halides is 2. The van der Waals surface area contributed by atoms with Crippen LogP contribution in [0.25, 0.3) is 10.9 Å². The number of nitriles is 1. The monoisotopic (exact) mass is 367 g/mol. The van der Waals surface area contributed by atoms with Gasteiger partial charge in [0.15, 0.2) is 17.6 Å². The van der Waals surface area contributed by atoms with E-state index >= 15 is 0 Å². The van der Waals surface area contributed by atoms with Crippen LogP contribution in [-0.2, 0) is 0 Å². The molecule has 1 saturated heterocycles. The number of methoxy groups -OCH3 is 1. The smallest absolute Gasteiger partial charge is 0.296 e. The number of aromatic nitrogens is 1. The molecule has 1 atom stereocenters. The molecule has 0 spiro atoms. The number of rotatable bonds is 3. The third kappa shape index (κ3) is 3.20. The Bertz CT molecular complexity index is 854. The Hall–Kier alpha value is -2.17. The van der Waals surface area contributed by atoms with Crippen LogP contribution >= 0.6 is 11.6 Å². The van der Waals surface area contributed by atoms with Crippen LogP contribution in [0.1, 0.15) is 12.0 Å². The summed E-state index contributed by atoms with van der Waals surface area (Å²) in [5.74, 6) is -2.67. The second kappa shape index (κ2) is 6.62. The fraction of sp³-hybridized carbons (Fsp3) is 0.412. The predicted octanol–water partition coefficient (Wildman–Crippen LogP) is 3.49. The van der Waals surface area contributed by atoms with Crippen molar-refractivity contribution >= 4 is 22.5 Å². The number of benzene rings is 1. The van der Waals surface area contributed by atoms with E-state index in [0.29, 0.717) is 17.4 Å². The van der Waals surface area contributed by atoms with Crippen LogP contribution < -0.4 is 9.47 Å². The van der Waals surface area contributed by atoms with Gasteiger partial charge in [-0.2, -0.15) is 5.26 Å². The molecule has 3 rings (SSSR count). The molecular weight excluding hydrogens is 352 g/mol. The summed E-state index contributed by atoms with van der Waals surface area (Å²) in [6.07, 6.45) is 0.182. The van der Waals surface area contributed by atoms with E-state index in [1.807, 2.05) is 6.07 Å². The lowest BCUT2D eigenvalue weighted by atomic mass is 10.0. The van der Waals surface area contributed by atoms with Crippen molar-refractivity contribution in [1.82, 2.24) is 9.88 Å². The van der Waals surface area contributed by atoms with E-state index in [1.165, 1.54) is 13.3 Å². The minimum absolute atomic E-state index is 0.0869. The molecule has 1 aliphatic heterocycles. The summed E-state index contributed by atoms with van der Waals surface area (Å²) in [5.41, 5.74) is 0.582. The molecule has 1 fully saturated rings. The maximum absolute atomic E-state index is 14.4. The molecule has 8 heteroatoms. The zero-order valence-corrected chi connectivity index (χ0v) is 14.5. The Morgan fingerprint density at radius 2 is 2.20 bits per heavy atom. The first kappa shape index (κ1) is 17.6. The van der Waals surface area contributed by atoms with E-state index < -0.39 is 12.0 Å². The van der Waals surface area contributed by atoms with Gasteiger partial charge in [-0.3, -0.25) is 4.98 Å². The first-order valence-corrected chi connectivity index (χ1v) is 8.03. The van der Waals surface area contributed by atoms with Gasteiger partial charge in [-0.25, -0.2) is 8.78 Å². The van der Waals surface area contributed by atoms with E-state index in [2.05, 4.69) is 4.98 Å². The maximum Gasteiger partial charge on any atom is 0.296 e. The van der Waals surface area contributed by atoms with Gasteiger partial charge in [0.2, 0.25) is 0 Å². The highest BCUT2D eigenvalue weighted by Crippen LogP contribution is 2.42. The molecule has 0 N–H and O–H groups in total. The first-order valence-electron chi connectivity index (χ1n) is 7.65. The molecule has 2 aromatic rings. The van der Waals surface area contributed by atoms with Crippen LogP contribution in [0.4, 0.5) is 8.78 Å². The molecule has 1 aromatic heterocycles. The Labute approximate surface area is 148 Å². The van der Waals surface area contributed by atoms with E-state index in [-0.39, 0.29) is 35.1 Å². The highest BCUT2D eigenvalue weighted by atomic mass is 35.5. The van der Waals surface area contributed by atoms with Crippen molar-refractivity contribution in [2.24, 2.45) is 0 Å². The number of hydrogen-bond acceptors (Lipinski definition) is 5. The van der Waals surface area contributed by atoms with Crippen LogP contribution in [0.3, 0.4) is 0 Å².